The molecule has 1 aliphatic rings. The molecule has 154 valence electrons. The monoisotopic (exact) mass is 395 g/mol. The molecular formula is C22H29N5O2. The standard InChI is InChI=1S/C22H29N5O2/c1-16-19(22(26(2)25-16)29-15-17-7-4-3-5-8-17)13-23-20-11-18(12-21(20)28)14-27-10-6-9-24-27/h3-10,18,20-21,23,28H,11-15H2,1-2H3/t18?,20-,21-/m1/s1. The average Bonchev–Trinajstić information content (AvgIpc) is 3.40. The molecule has 0 bridgehead atoms. The number of rotatable bonds is 8. The quantitative estimate of drug-likeness (QED) is 0.613. The molecule has 0 saturated heterocycles. The van der Waals surface area contributed by atoms with Crippen molar-refractivity contribution in [2.24, 2.45) is 13.0 Å². The van der Waals surface area contributed by atoms with Crippen LogP contribution in [0.4, 0.5) is 0 Å². The van der Waals surface area contributed by atoms with E-state index in [1.54, 1.807) is 10.9 Å². The van der Waals surface area contributed by atoms with Crippen molar-refractivity contribution in [3.63, 3.8) is 0 Å². The van der Waals surface area contributed by atoms with Gasteiger partial charge in [0.1, 0.15) is 6.61 Å². The van der Waals surface area contributed by atoms with Gasteiger partial charge in [0.15, 0.2) is 0 Å². The molecule has 7 nitrogen and oxygen atoms in total. The molecule has 2 heterocycles. The number of aliphatic hydroxyl groups is 1. The fourth-order valence-corrected chi connectivity index (χ4v) is 4.18. The third-order valence-corrected chi connectivity index (χ3v) is 5.68. The smallest absolute Gasteiger partial charge is 0.216 e. The van der Waals surface area contributed by atoms with Crippen molar-refractivity contribution < 1.29 is 9.84 Å². The Morgan fingerprint density at radius 3 is 2.79 bits per heavy atom. The summed E-state index contributed by atoms with van der Waals surface area (Å²) in [7, 11) is 1.90. The van der Waals surface area contributed by atoms with Gasteiger partial charge in [0, 0.05) is 38.6 Å². The largest absolute Gasteiger partial charge is 0.473 e. The molecule has 3 atom stereocenters. The van der Waals surface area contributed by atoms with E-state index in [0.29, 0.717) is 19.1 Å². The molecule has 0 spiro atoms. The molecule has 3 aromatic rings. The highest BCUT2D eigenvalue weighted by Crippen LogP contribution is 2.29. The first kappa shape index (κ1) is 19.7. The molecule has 2 N–H and O–H groups in total. The predicted octanol–water partition coefficient (Wildman–Crippen LogP) is 2.43. The number of ether oxygens (including phenoxy) is 1. The maximum atomic E-state index is 10.5. The number of aryl methyl sites for hydroxylation is 2. The van der Waals surface area contributed by atoms with E-state index in [1.165, 1.54) is 0 Å². The number of aromatic nitrogens is 4. The molecule has 2 aromatic heterocycles. The molecule has 1 aliphatic carbocycles. The fraction of sp³-hybridized carbons (Fsp3) is 0.455. The number of nitrogens with zero attached hydrogens (tertiary/aromatic N) is 4. The van der Waals surface area contributed by atoms with E-state index >= 15 is 0 Å². The summed E-state index contributed by atoms with van der Waals surface area (Å²) in [5.74, 6) is 1.20. The molecule has 1 saturated carbocycles. The Balaban J connectivity index is 1.36. The van der Waals surface area contributed by atoms with Crippen LogP contribution in [-0.4, -0.2) is 36.8 Å². The van der Waals surface area contributed by atoms with E-state index < -0.39 is 0 Å². The second-order valence-electron chi connectivity index (χ2n) is 7.89. The van der Waals surface area contributed by atoms with E-state index in [-0.39, 0.29) is 12.1 Å². The average molecular weight is 396 g/mol. The predicted molar refractivity (Wildman–Crippen MR) is 110 cm³/mol. The lowest BCUT2D eigenvalue weighted by atomic mass is 10.1. The molecule has 1 fully saturated rings. The van der Waals surface area contributed by atoms with Crippen molar-refractivity contribution >= 4 is 0 Å². The number of hydrogen-bond acceptors (Lipinski definition) is 5. The lowest BCUT2D eigenvalue weighted by molar-refractivity contribution is 0.145. The highest BCUT2D eigenvalue weighted by molar-refractivity contribution is 5.31. The van der Waals surface area contributed by atoms with Crippen molar-refractivity contribution in [1.82, 2.24) is 24.9 Å². The van der Waals surface area contributed by atoms with E-state index in [0.717, 1.165) is 42.1 Å². The van der Waals surface area contributed by atoms with Crippen molar-refractivity contribution in [2.75, 3.05) is 0 Å². The second-order valence-corrected chi connectivity index (χ2v) is 7.89. The summed E-state index contributed by atoms with van der Waals surface area (Å²) in [5.41, 5.74) is 3.12. The van der Waals surface area contributed by atoms with E-state index in [9.17, 15) is 5.11 Å². The Labute approximate surface area is 171 Å². The molecular weight excluding hydrogens is 366 g/mol. The van der Waals surface area contributed by atoms with Crippen LogP contribution in [0.25, 0.3) is 0 Å². The van der Waals surface area contributed by atoms with Gasteiger partial charge in [-0.05, 0) is 37.3 Å². The van der Waals surface area contributed by atoms with Crippen LogP contribution in [0.15, 0.2) is 48.8 Å². The van der Waals surface area contributed by atoms with Crippen LogP contribution in [-0.2, 0) is 26.7 Å². The van der Waals surface area contributed by atoms with Gasteiger partial charge >= 0.3 is 0 Å². The van der Waals surface area contributed by atoms with Crippen molar-refractivity contribution in [3.8, 4) is 5.88 Å². The normalized spacial score (nSPS) is 21.6. The maximum absolute atomic E-state index is 10.5. The van der Waals surface area contributed by atoms with Crippen molar-refractivity contribution in [1.29, 1.82) is 0 Å². The summed E-state index contributed by atoms with van der Waals surface area (Å²) < 4.78 is 9.83. The summed E-state index contributed by atoms with van der Waals surface area (Å²) in [6.07, 6.45) is 5.15. The number of aliphatic hydroxyl groups excluding tert-OH is 1. The highest BCUT2D eigenvalue weighted by atomic mass is 16.5. The maximum Gasteiger partial charge on any atom is 0.216 e. The first-order valence-corrected chi connectivity index (χ1v) is 10.2. The van der Waals surface area contributed by atoms with Crippen LogP contribution in [0.3, 0.4) is 0 Å². The lowest BCUT2D eigenvalue weighted by Crippen LogP contribution is -2.35. The SMILES string of the molecule is Cc1nn(C)c(OCc2ccccc2)c1CN[C@@H]1CC(Cn2cccn2)C[C@H]1O. The van der Waals surface area contributed by atoms with Gasteiger partial charge in [-0.1, -0.05) is 30.3 Å². The van der Waals surface area contributed by atoms with Gasteiger partial charge in [0.05, 0.1) is 17.4 Å². The Morgan fingerprint density at radius 2 is 2.03 bits per heavy atom. The highest BCUT2D eigenvalue weighted by Gasteiger charge is 2.33. The summed E-state index contributed by atoms with van der Waals surface area (Å²) >= 11 is 0. The molecule has 1 unspecified atom stereocenters. The number of hydrogen-bond donors (Lipinski definition) is 2. The Kier molecular flexibility index (Phi) is 5.97. The molecule has 0 amide bonds. The van der Waals surface area contributed by atoms with Crippen LogP contribution in [0.1, 0.15) is 29.7 Å². The van der Waals surface area contributed by atoms with Gasteiger partial charge in [0.25, 0.3) is 0 Å². The van der Waals surface area contributed by atoms with E-state index in [1.807, 2.05) is 49.1 Å². The van der Waals surface area contributed by atoms with E-state index in [4.69, 9.17) is 4.74 Å². The minimum atomic E-state index is -0.346. The Hall–Kier alpha value is -2.64. The van der Waals surface area contributed by atoms with E-state index in [2.05, 4.69) is 27.6 Å². The van der Waals surface area contributed by atoms with Gasteiger partial charge in [-0.15, -0.1) is 0 Å². The van der Waals surface area contributed by atoms with Gasteiger partial charge in [0.2, 0.25) is 5.88 Å². The second kappa shape index (κ2) is 8.80. The molecule has 7 heteroatoms. The summed E-state index contributed by atoms with van der Waals surface area (Å²) in [6.45, 7) is 3.97. The molecule has 0 radical (unpaired) electrons. The summed E-state index contributed by atoms with van der Waals surface area (Å²) in [6, 6.07) is 12.1. The fourth-order valence-electron chi connectivity index (χ4n) is 4.18. The lowest BCUT2D eigenvalue weighted by Gasteiger charge is -2.17. The summed E-state index contributed by atoms with van der Waals surface area (Å²) in [5, 5.41) is 22.9. The third kappa shape index (κ3) is 4.68. The first-order chi connectivity index (χ1) is 14.1. The topological polar surface area (TPSA) is 77.1 Å². The number of benzene rings is 1. The van der Waals surface area contributed by atoms with Gasteiger partial charge in [-0.25, -0.2) is 4.68 Å². The molecule has 1 aromatic carbocycles. The van der Waals surface area contributed by atoms with Crippen molar-refractivity contribution in [3.05, 3.63) is 65.6 Å². The van der Waals surface area contributed by atoms with Gasteiger partial charge in [-0.2, -0.15) is 10.2 Å². The molecule has 0 aliphatic heterocycles. The van der Waals surface area contributed by atoms with Crippen LogP contribution >= 0.6 is 0 Å². The van der Waals surface area contributed by atoms with Crippen LogP contribution in [0, 0.1) is 12.8 Å². The Bertz CT molecular complexity index is 907. The minimum Gasteiger partial charge on any atom is -0.473 e. The zero-order chi connectivity index (χ0) is 20.2. The van der Waals surface area contributed by atoms with Crippen LogP contribution in [0.2, 0.25) is 0 Å². The third-order valence-electron chi connectivity index (χ3n) is 5.68. The zero-order valence-electron chi connectivity index (χ0n) is 17.0. The van der Waals surface area contributed by atoms with Crippen LogP contribution < -0.4 is 10.1 Å². The minimum absolute atomic E-state index is 0.0668. The van der Waals surface area contributed by atoms with Crippen LogP contribution in [0.5, 0.6) is 5.88 Å². The van der Waals surface area contributed by atoms with Gasteiger partial charge in [-0.3, -0.25) is 4.68 Å². The first-order valence-electron chi connectivity index (χ1n) is 10.2. The zero-order valence-corrected chi connectivity index (χ0v) is 17.0. The molecule has 4 rings (SSSR count). The Morgan fingerprint density at radius 1 is 1.21 bits per heavy atom. The summed E-state index contributed by atoms with van der Waals surface area (Å²) in [4.78, 5) is 0. The van der Waals surface area contributed by atoms with Gasteiger partial charge < -0.3 is 15.2 Å². The number of nitrogens with one attached hydrogen (secondary N) is 1. The van der Waals surface area contributed by atoms with Crippen molar-refractivity contribution in [2.45, 2.75) is 51.6 Å². The molecule has 29 heavy (non-hydrogen) atoms.